The zero-order chi connectivity index (χ0) is 13.0. The summed E-state index contributed by atoms with van der Waals surface area (Å²) in [6.45, 7) is 4.05. The monoisotopic (exact) mass is 255 g/mol. The Morgan fingerprint density at radius 1 is 1.22 bits per heavy atom. The smallest absolute Gasteiger partial charge is 0.0695 e. The van der Waals surface area contributed by atoms with Gasteiger partial charge in [0.05, 0.1) is 12.7 Å². The van der Waals surface area contributed by atoms with Crippen LogP contribution in [0.1, 0.15) is 51.9 Å². The Morgan fingerprint density at radius 2 is 2.00 bits per heavy atom. The molecule has 106 valence electrons. The van der Waals surface area contributed by atoms with E-state index in [9.17, 15) is 5.11 Å². The zero-order valence-corrected chi connectivity index (χ0v) is 12.0. The minimum atomic E-state index is -0.115. The Labute approximate surface area is 112 Å². The number of rotatable bonds is 7. The number of hydrogen-bond acceptors (Lipinski definition) is 3. The summed E-state index contributed by atoms with van der Waals surface area (Å²) >= 11 is 0. The van der Waals surface area contributed by atoms with E-state index in [-0.39, 0.29) is 6.10 Å². The van der Waals surface area contributed by atoms with Crippen molar-refractivity contribution < 1.29 is 9.84 Å². The summed E-state index contributed by atoms with van der Waals surface area (Å²) in [4.78, 5) is 2.54. The van der Waals surface area contributed by atoms with Crippen molar-refractivity contribution in [1.82, 2.24) is 4.90 Å². The van der Waals surface area contributed by atoms with Crippen molar-refractivity contribution in [3.8, 4) is 0 Å². The second kappa shape index (κ2) is 6.88. The Hall–Kier alpha value is -0.120. The molecule has 0 saturated heterocycles. The minimum absolute atomic E-state index is 0.115. The molecule has 3 heteroatoms. The molecule has 0 bridgehead atoms. The highest BCUT2D eigenvalue weighted by atomic mass is 16.5. The molecule has 0 radical (unpaired) electrons. The van der Waals surface area contributed by atoms with Crippen LogP contribution in [0.2, 0.25) is 0 Å². The van der Waals surface area contributed by atoms with Crippen molar-refractivity contribution in [3.63, 3.8) is 0 Å². The standard InChI is InChI=1S/C15H29NO2/c1-3-4-12-5-8-15(17)14(11-12)16(9-10-18-2)13-6-7-13/h12-15,17H,3-11H2,1-2H3. The van der Waals surface area contributed by atoms with Gasteiger partial charge in [-0.05, 0) is 38.0 Å². The lowest BCUT2D eigenvalue weighted by molar-refractivity contribution is -0.0113. The number of hydrogen-bond donors (Lipinski definition) is 1. The third-order valence-electron chi connectivity index (χ3n) is 4.58. The average molecular weight is 255 g/mol. The molecule has 2 fully saturated rings. The van der Waals surface area contributed by atoms with Crippen LogP contribution in [0.3, 0.4) is 0 Å². The van der Waals surface area contributed by atoms with Crippen molar-refractivity contribution in [2.75, 3.05) is 20.3 Å². The van der Waals surface area contributed by atoms with E-state index in [1.165, 1.54) is 38.5 Å². The average Bonchev–Trinajstić information content (AvgIpc) is 3.18. The molecule has 0 aromatic rings. The summed E-state index contributed by atoms with van der Waals surface area (Å²) < 4.78 is 5.23. The topological polar surface area (TPSA) is 32.7 Å². The summed E-state index contributed by atoms with van der Waals surface area (Å²) in [6, 6.07) is 1.11. The number of aliphatic hydroxyl groups excluding tert-OH is 1. The van der Waals surface area contributed by atoms with Gasteiger partial charge in [0.2, 0.25) is 0 Å². The fraction of sp³-hybridized carbons (Fsp3) is 1.00. The first-order chi connectivity index (χ1) is 8.76. The lowest BCUT2D eigenvalue weighted by Crippen LogP contribution is -2.49. The highest BCUT2D eigenvalue weighted by molar-refractivity contribution is 4.94. The van der Waals surface area contributed by atoms with Gasteiger partial charge in [-0.3, -0.25) is 4.90 Å². The number of ether oxygens (including phenoxy) is 1. The molecule has 3 nitrogen and oxygen atoms in total. The van der Waals surface area contributed by atoms with Gasteiger partial charge in [0.25, 0.3) is 0 Å². The largest absolute Gasteiger partial charge is 0.391 e. The molecule has 0 aliphatic heterocycles. The first-order valence-corrected chi connectivity index (χ1v) is 7.69. The third-order valence-corrected chi connectivity index (χ3v) is 4.58. The molecule has 18 heavy (non-hydrogen) atoms. The molecule has 0 spiro atoms. The van der Waals surface area contributed by atoms with Gasteiger partial charge in [0, 0.05) is 25.7 Å². The lowest BCUT2D eigenvalue weighted by atomic mass is 9.80. The minimum Gasteiger partial charge on any atom is -0.391 e. The second-order valence-electron chi connectivity index (χ2n) is 6.06. The number of aliphatic hydroxyl groups is 1. The molecule has 0 heterocycles. The molecule has 0 aromatic heterocycles. The van der Waals surface area contributed by atoms with Gasteiger partial charge in [0.15, 0.2) is 0 Å². The molecule has 2 rings (SSSR count). The normalized spacial score (nSPS) is 33.0. The Bertz CT molecular complexity index is 243. The highest BCUT2D eigenvalue weighted by Gasteiger charge is 2.39. The van der Waals surface area contributed by atoms with Crippen molar-refractivity contribution in [3.05, 3.63) is 0 Å². The Kier molecular flexibility index (Phi) is 5.46. The maximum Gasteiger partial charge on any atom is 0.0695 e. The van der Waals surface area contributed by atoms with E-state index in [4.69, 9.17) is 4.74 Å². The molecule has 0 aromatic carbocycles. The summed E-state index contributed by atoms with van der Waals surface area (Å²) in [5, 5.41) is 10.3. The van der Waals surface area contributed by atoms with E-state index in [2.05, 4.69) is 11.8 Å². The van der Waals surface area contributed by atoms with Gasteiger partial charge in [-0.15, -0.1) is 0 Å². The van der Waals surface area contributed by atoms with Crippen molar-refractivity contribution >= 4 is 0 Å². The van der Waals surface area contributed by atoms with Crippen LogP contribution in [0.5, 0.6) is 0 Å². The van der Waals surface area contributed by atoms with Crippen LogP contribution in [0.4, 0.5) is 0 Å². The quantitative estimate of drug-likeness (QED) is 0.758. The number of nitrogens with zero attached hydrogens (tertiary/aromatic N) is 1. The second-order valence-corrected chi connectivity index (χ2v) is 6.06. The molecule has 2 aliphatic rings. The number of methoxy groups -OCH3 is 1. The van der Waals surface area contributed by atoms with Gasteiger partial charge in [-0.25, -0.2) is 0 Å². The van der Waals surface area contributed by atoms with Crippen LogP contribution in [-0.2, 0) is 4.74 Å². The van der Waals surface area contributed by atoms with Gasteiger partial charge in [-0.1, -0.05) is 19.8 Å². The molecular formula is C15H29NO2. The predicted molar refractivity (Wildman–Crippen MR) is 73.6 cm³/mol. The highest BCUT2D eigenvalue weighted by Crippen LogP contribution is 2.36. The van der Waals surface area contributed by atoms with Gasteiger partial charge < -0.3 is 9.84 Å². The fourth-order valence-electron chi connectivity index (χ4n) is 3.46. The predicted octanol–water partition coefficient (Wildman–Crippen LogP) is 2.43. The van der Waals surface area contributed by atoms with Crippen molar-refractivity contribution in [1.29, 1.82) is 0 Å². The van der Waals surface area contributed by atoms with Crippen LogP contribution in [0.15, 0.2) is 0 Å². The molecule has 1 N–H and O–H groups in total. The SMILES string of the molecule is CCCC1CCC(O)C(N(CCOC)C2CC2)C1. The van der Waals surface area contributed by atoms with Crippen LogP contribution < -0.4 is 0 Å². The molecular weight excluding hydrogens is 226 g/mol. The molecule has 3 unspecified atom stereocenters. The fourth-order valence-corrected chi connectivity index (χ4v) is 3.46. The molecule has 2 aliphatic carbocycles. The van der Waals surface area contributed by atoms with Crippen LogP contribution >= 0.6 is 0 Å². The molecule has 3 atom stereocenters. The van der Waals surface area contributed by atoms with E-state index < -0.39 is 0 Å². The lowest BCUT2D eigenvalue weighted by Gasteiger charge is -2.41. The van der Waals surface area contributed by atoms with E-state index >= 15 is 0 Å². The van der Waals surface area contributed by atoms with Crippen LogP contribution in [-0.4, -0.2) is 48.5 Å². The molecule has 0 amide bonds. The van der Waals surface area contributed by atoms with E-state index in [0.717, 1.165) is 31.5 Å². The van der Waals surface area contributed by atoms with Gasteiger partial charge >= 0.3 is 0 Å². The third kappa shape index (κ3) is 3.69. The van der Waals surface area contributed by atoms with E-state index in [1.807, 2.05) is 0 Å². The summed E-state index contributed by atoms with van der Waals surface area (Å²) in [5.74, 6) is 0.826. The van der Waals surface area contributed by atoms with Crippen molar-refractivity contribution in [2.45, 2.75) is 70.1 Å². The van der Waals surface area contributed by atoms with Crippen LogP contribution in [0, 0.1) is 5.92 Å². The maximum atomic E-state index is 10.3. The Morgan fingerprint density at radius 3 is 2.61 bits per heavy atom. The molecule has 2 saturated carbocycles. The van der Waals surface area contributed by atoms with E-state index in [0.29, 0.717) is 6.04 Å². The Balaban J connectivity index is 1.92. The summed E-state index contributed by atoms with van der Waals surface area (Å²) in [5.41, 5.74) is 0. The zero-order valence-electron chi connectivity index (χ0n) is 12.0. The van der Waals surface area contributed by atoms with Crippen molar-refractivity contribution in [2.24, 2.45) is 5.92 Å². The van der Waals surface area contributed by atoms with E-state index in [1.54, 1.807) is 7.11 Å². The van der Waals surface area contributed by atoms with Crippen LogP contribution in [0.25, 0.3) is 0 Å². The summed E-state index contributed by atoms with van der Waals surface area (Å²) in [7, 11) is 1.77. The first kappa shape index (κ1) is 14.3. The van der Waals surface area contributed by atoms with Gasteiger partial charge in [-0.2, -0.15) is 0 Å². The first-order valence-electron chi connectivity index (χ1n) is 7.69. The summed E-state index contributed by atoms with van der Waals surface area (Å²) in [6.07, 6.45) is 8.50. The maximum absolute atomic E-state index is 10.3. The van der Waals surface area contributed by atoms with Gasteiger partial charge in [0.1, 0.15) is 0 Å².